The Kier molecular flexibility index (Phi) is 3.19. The van der Waals surface area contributed by atoms with Crippen LogP contribution in [-0.4, -0.2) is 36.0 Å². The molecule has 1 N–H and O–H groups in total. The summed E-state index contributed by atoms with van der Waals surface area (Å²) in [5.41, 5.74) is 3.80. The van der Waals surface area contributed by atoms with E-state index in [0.29, 0.717) is 6.04 Å². The first kappa shape index (κ1) is 11.5. The van der Waals surface area contributed by atoms with Crippen molar-refractivity contribution in [2.75, 3.05) is 31.1 Å². The Bertz CT molecular complexity index is 361. The topological polar surface area (TPSA) is 33.1 Å². The lowest BCUT2D eigenvalue weighted by atomic mass is 10.2. The lowest BCUT2D eigenvalue weighted by Gasteiger charge is -2.29. The van der Waals surface area contributed by atoms with Gasteiger partial charge in [0.25, 0.3) is 0 Å². The number of aromatic nitrogens is 2. The van der Waals surface area contributed by atoms with Crippen molar-refractivity contribution in [2.45, 2.75) is 33.7 Å². The van der Waals surface area contributed by atoms with Gasteiger partial charge in [-0.15, -0.1) is 0 Å². The second-order valence-corrected chi connectivity index (χ2v) is 4.79. The van der Waals surface area contributed by atoms with Gasteiger partial charge in [-0.2, -0.15) is 5.10 Å². The van der Waals surface area contributed by atoms with E-state index >= 15 is 0 Å². The molecule has 0 aliphatic carbocycles. The fraction of sp³-hybridized carbons (Fsp3) is 0.750. The molecule has 0 amide bonds. The summed E-state index contributed by atoms with van der Waals surface area (Å²) < 4.78 is 2.13. The van der Waals surface area contributed by atoms with Crippen LogP contribution in [0.1, 0.15) is 31.3 Å². The van der Waals surface area contributed by atoms with E-state index in [2.05, 4.69) is 47.7 Å². The van der Waals surface area contributed by atoms with Crippen LogP contribution < -0.4 is 10.2 Å². The van der Waals surface area contributed by atoms with Crippen LogP contribution in [0, 0.1) is 13.8 Å². The van der Waals surface area contributed by atoms with Gasteiger partial charge >= 0.3 is 0 Å². The van der Waals surface area contributed by atoms with Crippen molar-refractivity contribution in [1.29, 1.82) is 0 Å². The predicted molar refractivity (Wildman–Crippen MR) is 67.2 cm³/mol. The zero-order chi connectivity index (χ0) is 11.7. The summed E-state index contributed by atoms with van der Waals surface area (Å²) in [4.78, 5) is 2.45. The van der Waals surface area contributed by atoms with Crippen molar-refractivity contribution in [3.63, 3.8) is 0 Å². The molecule has 0 aromatic carbocycles. The molecule has 1 aliphatic rings. The molecule has 0 radical (unpaired) electrons. The van der Waals surface area contributed by atoms with Crippen LogP contribution in [0.5, 0.6) is 0 Å². The predicted octanol–water partition coefficient (Wildman–Crippen LogP) is 1.49. The summed E-state index contributed by atoms with van der Waals surface area (Å²) in [5.74, 6) is 0. The molecule has 1 fully saturated rings. The van der Waals surface area contributed by atoms with Gasteiger partial charge in [0.1, 0.15) is 0 Å². The molecule has 1 saturated heterocycles. The van der Waals surface area contributed by atoms with Gasteiger partial charge in [-0.3, -0.25) is 4.68 Å². The molecule has 4 heteroatoms. The highest BCUT2D eigenvalue weighted by Gasteiger charge is 2.20. The van der Waals surface area contributed by atoms with Crippen LogP contribution in [0.4, 0.5) is 5.69 Å². The summed E-state index contributed by atoms with van der Waals surface area (Å²) in [7, 11) is 0. The summed E-state index contributed by atoms with van der Waals surface area (Å²) in [6.45, 7) is 13.0. The van der Waals surface area contributed by atoms with Gasteiger partial charge in [-0.25, -0.2) is 0 Å². The zero-order valence-corrected chi connectivity index (χ0v) is 10.7. The highest BCUT2D eigenvalue weighted by atomic mass is 15.3. The monoisotopic (exact) mass is 222 g/mol. The van der Waals surface area contributed by atoms with Crippen molar-refractivity contribution in [1.82, 2.24) is 15.1 Å². The van der Waals surface area contributed by atoms with Crippen molar-refractivity contribution < 1.29 is 0 Å². The van der Waals surface area contributed by atoms with Gasteiger partial charge in [0.2, 0.25) is 0 Å². The first-order valence-corrected chi connectivity index (χ1v) is 6.12. The van der Waals surface area contributed by atoms with E-state index in [1.54, 1.807) is 0 Å². The maximum absolute atomic E-state index is 4.64. The molecule has 1 aromatic rings. The van der Waals surface area contributed by atoms with E-state index < -0.39 is 0 Å². The van der Waals surface area contributed by atoms with E-state index in [0.717, 1.165) is 31.9 Å². The number of hydrogen-bond acceptors (Lipinski definition) is 3. The van der Waals surface area contributed by atoms with Crippen LogP contribution in [0.3, 0.4) is 0 Å². The first-order valence-electron chi connectivity index (χ1n) is 6.12. The van der Waals surface area contributed by atoms with Gasteiger partial charge in [0.05, 0.1) is 17.1 Å². The third-order valence-corrected chi connectivity index (χ3v) is 3.21. The molecular weight excluding hydrogens is 200 g/mol. The Morgan fingerprint density at radius 1 is 1.19 bits per heavy atom. The minimum Gasteiger partial charge on any atom is -0.366 e. The molecule has 1 aromatic heterocycles. The largest absolute Gasteiger partial charge is 0.366 e. The highest BCUT2D eigenvalue weighted by molar-refractivity contribution is 5.55. The molecule has 90 valence electrons. The van der Waals surface area contributed by atoms with Crippen LogP contribution >= 0.6 is 0 Å². The summed E-state index contributed by atoms with van der Waals surface area (Å²) in [6, 6.07) is 0.440. The SMILES string of the molecule is Cc1nn(C(C)C)c(C)c1N1CCNCC1. The Labute approximate surface area is 97.6 Å². The molecule has 0 spiro atoms. The molecule has 0 bridgehead atoms. The van der Waals surface area contributed by atoms with E-state index in [1.807, 2.05) is 0 Å². The Morgan fingerprint density at radius 2 is 1.81 bits per heavy atom. The number of nitrogens with zero attached hydrogens (tertiary/aromatic N) is 3. The fourth-order valence-corrected chi connectivity index (χ4v) is 2.50. The van der Waals surface area contributed by atoms with Gasteiger partial charge in [0, 0.05) is 32.2 Å². The smallest absolute Gasteiger partial charge is 0.0830 e. The maximum Gasteiger partial charge on any atom is 0.0830 e. The molecular formula is C12H22N4. The summed E-state index contributed by atoms with van der Waals surface area (Å²) in [5, 5.41) is 8.02. The van der Waals surface area contributed by atoms with Crippen LogP contribution in [0.2, 0.25) is 0 Å². The third kappa shape index (κ3) is 1.94. The van der Waals surface area contributed by atoms with E-state index in [4.69, 9.17) is 0 Å². The van der Waals surface area contributed by atoms with Crippen LogP contribution in [-0.2, 0) is 0 Å². The third-order valence-electron chi connectivity index (χ3n) is 3.21. The Balaban J connectivity index is 2.32. The zero-order valence-electron chi connectivity index (χ0n) is 10.7. The van der Waals surface area contributed by atoms with Crippen LogP contribution in [0.25, 0.3) is 0 Å². The summed E-state index contributed by atoms with van der Waals surface area (Å²) >= 11 is 0. The molecule has 2 rings (SSSR count). The quantitative estimate of drug-likeness (QED) is 0.823. The Morgan fingerprint density at radius 3 is 2.31 bits per heavy atom. The van der Waals surface area contributed by atoms with E-state index in [-0.39, 0.29) is 0 Å². The number of piperazine rings is 1. The second kappa shape index (κ2) is 4.45. The normalized spacial score (nSPS) is 17.2. The lowest BCUT2D eigenvalue weighted by Crippen LogP contribution is -2.44. The molecule has 1 aliphatic heterocycles. The average Bonchev–Trinajstić information content (AvgIpc) is 2.56. The molecule has 16 heavy (non-hydrogen) atoms. The van der Waals surface area contributed by atoms with Gasteiger partial charge in [-0.05, 0) is 27.7 Å². The van der Waals surface area contributed by atoms with E-state index in [1.165, 1.54) is 11.4 Å². The summed E-state index contributed by atoms with van der Waals surface area (Å²) in [6.07, 6.45) is 0. The van der Waals surface area contributed by atoms with Crippen molar-refractivity contribution in [2.24, 2.45) is 0 Å². The number of aryl methyl sites for hydroxylation is 1. The number of rotatable bonds is 2. The van der Waals surface area contributed by atoms with Crippen molar-refractivity contribution >= 4 is 5.69 Å². The average molecular weight is 222 g/mol. The number of anilines is 1. The first-order chi connectivity index (χ1) is 7.61. The van der Waals surface area contributed by atoms with Gasteiger partial charge in [0.15, 0.2) is 0 Å². The molecule has 2 heterocycles. The minimum atomic E-state index is 0.440. The van der Waals surface area contributed by atoms with E-state index in [9.17, 15) is 0 Å². The highest BCUT2D eigenvalue weighted by Crippen LogP contribution is 2.26. The minimum absolute atomic E-state index is 0.440. The lowest BCUT2D eigenvalue weighted by molar-refractivity contribution is 0.515. The fourth-order valence-electron chi connectivity index (χ4n) is 2.50. The molecule has 0 unspecified atom stereocenters. The van der Waals surface area contributed by atoms with Crippen molar-refractivity contribution in [3.8, 4) is 0 Å². The van der Waals surface area contributed by atoms with Crippen LogP contribution in [0.15, 0.2) is 0 Å². The molecule has 4 nitrogen and oxygen atoms in total. The molecule has 0 saturated carbocycles. The number of hydrogen-bond donors (Lipinski definition) is 1. The standard InChI is InChI=1S/C12H22N4/c1-9(2)16-11(4)12(10(3)14-16)15-7-5-13-6-8-15/h9,13H,5-8H2,1-4H3. The van der Waals surface area contributed by atoms with Gasteiger partial charge in [-0.1, -0.05) is 0 Å². The number of nitrogens with one attached hydrogen (secondary N) is 1. The molecule has 0 atom stereocenters. The van der Waals surface area contributed by atoms with Gasteiger partial charge < -0.3 is 10.2 Å². The van der Waals surface area contributed by atoms with Crippen molar-refractivity contribution in [3.05, 3.63) is 11.4 Å². The second-order valence-electron chi connectivity index (χ2n) is 4.79. The Hall–Kier alpha value is -1.03. The maximum atomic E-state index is 4.64.